The van der Waals surface area contributed by atoms with Gasteiger partial charge >= 0.3 is 0 Å². The molecule has 4 rings (SSSR count). The Morgan fingerprint density at radius 1 is 0.970 bits per heavy atom. The van der Waals surface area contributed by atoms with Gasteiger partial charge in [0.1, 0.15) is 28.7 Å². The second-order valence-corrected chi connectivity index (χ2v) is 7.58. The van der Waals surface area contributed by atoms with E-state index in [0.29, 0.717) is 22.6 Å². The molecule has 0 N–H and O–H groups in total. The van der Waals surface area contributed by atoms with Crippen molar-refractivity contribution in [3.05, 3.63) is 88.8 Å². The first-order chi connectivity index (χ1) is 15.9. The number of hydrogen-bond donors (Lipinski definition) is 0. The molecule has 1 heterocycles. The van der Waals surface area contributed by atoms with E-state index in [1.165, 1.54) is 19.1 Å². The number of aryl methyl sites for hydroxylation is 1. The number of carbonyl (C=O) groups excluding carboxylic acids is 1. The van der Waals surface area contributed by atoms with Crippen LogP contribution in [-0.4, -0.2) is 30.0 Å². The van der Waals surface area contributed by atoms with Gasteiger partial charge in [-0.1, -0.05) is 6.07 Å². The van der Waals surface area contributed by atoms with Crippen molar-refractivity contribution in [2.75, 3.05) is 14.2 Å². The number of halogens is 2. The predicted molar refractivity (Wildman–Crippen MR) is 118 cm³/mol. The minimum Gasteiger partial charge on any atom is -0.497 e. The molecular weight excluding hydrogens is 430 g/mol. The van der Waals surface area contributed by atoms with Crippen molar-refractivity contribution >= 4 is 17.0 Å². The Balaban J connectivity index is 1.72. The van der Waals surface area contributed by atoms with Crippen molar-refractivity contribution in [2.45, 2.75) is 20.0 Å². The molecule has 0 aliphatic carbocycles. The van der Waals surface area contributed by atoms with Gasteiger partial charge in [-0.3, -0.25) is 4.79 Å². The maximum atomic E-state index is 14.4. The number of aromatic nitrogens is 1. The second kappa shape index (κ2) is 9.28. The van der Waals surface area contributed by atoms with E-state index in [9.17, 15) is 13.6 Å². The summed E-state index contributed by atoms with van der Waals surface area (Å²) in [7, 11) is 2.95. The summed E-state index contributed by atoms with van der Waals surface area (Å²) < 4.78 is 44.5. The quantitative estimate of drug-likeness (QED) is 0.382. The monoisotopic (exact) mass is 452 g/mol. The summed E-state index contributed by atoms with van der Waals surface area (Å²) in [6, 6.07) is 13.4. The minimum absolute atomic E-state index is 0.0326. The highest BCUT2D eigenvalue weighted by Crippen LogP contribution is 2.26. The average molecular weight is 452 g/mol. The van der Waals surface area contributed by atoms with Gasteiger partial charge in [0.2, 0.25) is 5.89 Å². The molecule has 0 fully saturated rings. The Hall–Kier alpha value is -3.94. The summed E-state index contributed by atoms with van der Waals surface area (Å²) >= 11 is 0. The van der Waals surface area contributed by atoms with E-state index in [-0.39, 0.29) is 30.1 Å². The third-order valence-electron chi connectivity index (χ3n) is 5.17. The van der Waals surface area contributed by atoms with Crippen LogP contribution in [0.1, 0.15) is 27.4 Å². The maximum absolute atomic E-state index is 14.4. The first-order valence-corrected chi connectivity index (χ1v) is 10.2. The van der Waals surface area contributed by atoms with Crippen molar-refractivity contribution in [3.8, 4) is 11.5 Å². The molecule has 170 valence electrons. The number of oxazole rings is 1. The first kappa shape index (κ1) is 22.3. The van der Waals surface area contributed by atoms with Gasteiger partial charge in [-0.05, 0) is 55.0 Å². The summed E-state index contributed by atoms with van der Waals surface area (Å²) in [4.78, 5) is 19.3. The summed E-state index contributed by atoms with van der Waals surface area (Å²) in [5.41, 5.74) is 2.53. The molecule has 8 heteroatoms. The lowest BCUT2D eigenvalue weighted by molar-refractivity contribution is 0.0712. The van der Waals surface area contributed by atoms with Crippen LogP contribution in [0, 0.1) is 18.6 Å². The van der Waals surface area contributed by atoms with Gasteiger partial charge in [0.15, 0.2) is 5.58 Å². The van der Waals surface area contributed by atoms with Crippen molar-refractivity contribution in [2.24, 2.45) is 0 Å². The van der Waals surface area contributed by atoms with Crippen LogP contribution >= 0.6 is 0 Å². The molecule has 3 aromatic carbocycles. The van der Waals surface area contributed by atoms with Gasteiger partial charge < -0.3 is 18.8 Å². The van der Waals surface area contributed by atoms with Crippen LogP contribution in [0.2, 0.25) is 0 Å². The second-order valence-electron chi connectivity index (χ2n) is 7.58. The molecule has 0 aliphatic rings. The fourth-order valence-electron chi connectivity index (χ4n) is 3.50. The van der Waals surface area contributed by atoms with Crippen LogP contribution in [-0.2, 0) is 13.1 Å². The highest BCUT2D eigenvalue weighted by molar-refractivity contribution is 5.95. The number of rotatable bonds is 7. The molecule has 0 spiro atoms. The zero-order chi connectivity index (χ0) is 23.5. The molecule has 0 unspecified atom stereocenters. The van der Waals surface area contributed by atoms with Gasteiger partial charge in [0.25, 0.3) is 5.91 Å². The van der Waals surface area contributed by atoms with E-state index < -0.39 is 17.5 Å². The van der Waals surface area contributed by atoms with Crippen LogP contribution in [0.25, 0.3) is 11.1 Å². The molecular formula is C25H22F2N2O4. The fourth-order valence-corrected chi connectivity index (χ4v) is 3.50. The highest BCUT2D eigenvalue weighted by Gasteiger charge is 2.22. The summed E-state index contributed by atoms with van der Waals surface area (Å²) in [6.07, 6.45) is 0. The third kappa shape index (κ3) is 4.95. The topological polar surface area (TPSA) is 64.8 Å². The molecule has 0 saturated carbocycles. The van der Waals surface area contributed by atoms with Crippen LogP contribution < -0.4 is 9.47 Å². The zero-order valence-corrected chi connectivity index (χ0v) is 18.4. The van der Waals surface area contributed by atoms with Crippen molar-refractivity contribution in [1.29, 1.82) is 0 Å². The number of carbonyl (C=O) groups is 1. The van der Waals surface area contributed by atoms with Gasteiger partial charge in [-0.25, -0.2) is 13.8 Å². The summed E-state index contributed by atoms with van der Waals surface area (Å²) in [5.74, 6) is -0.548. The molecule has 1 aromatic heterocycles. The lowest BCUT2D eigenvalue weighted by atomic mass is 10.1. The van der Waals surface area contributed by atoms with E-state index in [4.69, 9.17) is 13.9 Å². The minimum atomic E-state index is -0.620. The number of nitrogens with zero attached hydrogens (tertiary/aromatic N) is 2. The van der Waals surface area contributed by atoms with Crippen LogP contribution in [0.3, 0.4) is 0 Å². The molecule has 0 bridgehead atoms. The Bertz CT molecular complexity index is 1300. The van der Waals surface area contributed by atoms with Crippen LogP contribution in [0.4, 0.5) is 8.78 Å². The Kier molecular flexibility index (Phi) is 6.26. The average Bonchev–Trinajstić information content (AvgIpc) is 3.21. The summed E-state index contributed by atoms with van der Waals surface area (Å²) in [5, 5.41) is 0. The van der Waals surface area contributed by atoms with Gasteiger partial charge in [0, 0.05) is 23.7 Å². The number of fused-ring (bicyclic) bond motifs is 1. The number of methoxy groups -OCH3 is 2. The van der Waals surface area contributed by atoms with Crippen molar-refractivity contribution in [1.82, 2.24) is 9.88 Å². The van der Waals surface area contributed by atoms with Crippen LogP contribution in [0.15, 0.2) is 59.0 Å². The molecule has 4 aromatic rings. The third-order valence-corrected chi connectivity index (χ3v) is 5.17. The van der Waals surface area contributed by atoms with Crippen molar-refractivity contribution < 1.29 is 27.5 Å². The predicted octanol–water partition coefficient (Wildman–Crippen LogP) is 5.27. The first-order valence-electron chi connectivity index (χ1n) is 10.2. The molecule has 0 saturated heterocycles. The molecule has 6 nitrogen and oxygen atoms in total. The fraction of sp³-hybridized carbons (Fsp3) is 0.200. The Morgan fingerprint density at radius 3 is 2.39 bits per heavy atom. The standard InChI is InChI=1S/C25H22F2N2O4/c1-15-4-7-23-22(8-15)28-24(33-23)14-29(13-17-9-18(26)5-6-21(17)27)25(30)16-10-19(31-2)12-20(11-16)32-3/h4-12H,13-14H2,1-3H3. The van der Waals surface area contributed by atoms with E-state index in [1.54, 1.807) is 24.3 Å². The Labute approximate surface area is 189 Å². The number of amides is 1. The lowest BCUT2D eigenvalue weighted by Crippen LogP contribution is -2.30. The lowest BCUT2D eigenvalue weighted by Gasteiger charge is -2.22. The molecule has 33 heavy (non-hydrogen) atoms. The highest BCUT2D eigenvalue weighted by atomic mass is 19.1. The van der Waals surface area contributed by atoms with E-state index >= 15 is 0 Å². The van der Waals surface area contributed by atoms with E-state index in [2.05, 4.69) is 4.98 Å². The number of ether oxygens (including phenoxy) is 2. The number of benzene rings is 3. The van der Waals surface area contributed by atoms with Crippen LogP contribution in [0.5, 0.6) is 11.5 Å². The molecule has 0 atom stereocenters. The van der Waals surface area contributed by atoms with Gasteiger partial charge in [-0.2, -0.15) is 0 Å². The number of hydrogen-bond acceptors (Lipinski definition) is 5. The van der Waals surface area contributed by atoms with E-state index in [0.717, 1.165) is 23.8 Å². The molecule has 0 aliphatic heterocycles. The van der Waals surface area contributed by atoms with Crippen molar-refractivity contribution in [3.63, 3.8) is 0 Å². The van der Waals surface area contributed by atoms with E-state index in [1.807, 2.05) is 19.1 Å². The summed E-state index contributed by atoms with van der Waals surface area (Å²) in [6.45, 7) is 1.69. The van der Waals surface area contributed by atoms with Gasteiger partial charge in [0.05, 0.1) is 20.8 Å². The smallest absolute Gasteiger partial charge is 0.254 e. The normalized spacial score (nSPS) is 10.9. The van der Waals surface area contributed by atoms with Gasteiger partial charge in [-0.15, -0.1) is 0 Å². The molecule has 0 radical (unpaired) electrons. The maximum Gasteiger partial charge on any atom is 0.254 e. The molecule has 1 amide bonds. The largest absolute Gasteiger partial charge is 0.497 e. The SMILES string of the molecule is COc1cc(OC)cc(C(=O)N(Cc2nc3cc(C)ccc3o2)Cc2cc(F)ccc2F)c1. The Morgan fingerprint density at radius 2 is 1.70 bits per heavy atom. The zero-order valence-electron chi connectivity index (χ0n) is 18.4.